The summed E-state index contributed by atoms with van der Waals surface area (Å²) in [6, 6.07) is 23.9. The molecule has 2 amide bonds. The molecule has 0 aliphatic carbocycles. The Morgan fingerprint density at radius 3 is 2.34 bits per heavy atom. The summed E-state index contributed by atoms with van der Waals surface area (Å²) in [5, 5.41) is 2.77. The Hall–Kier alpha value is -3.58. The van der Waals surface area contributed by atoms with Gasteiger partial charge in [-0.15, -0.1) is 11.8 Å². The Labute approximate surface area is 209 Å². The minimum atomic E-state index is -0.364. The number of hydrogen-bond acceptors (Lipinski definition) is 5. The van der Waals surface area contributed by atoms with Crippen molar-refractivity contribution in [3.63, 3.8) is 0 Å². The van der Waals surface area contributed by atoms with Crippen molar-refractivity contribution in [3.8, 4) is 0 Å². The fourth-order valence-corrected chi connectivity index (χ4v) is 4.95. The number of thioether (sulfide) groups is 1. The minimum absolute atomic E-state index is 0.0792. The van der Waals surface area contributed by atoms with E-state index in [0.717, 1.165) is 24.0 Å². The lowest BCUT2D eigenvalue weighted by molar-refractivity contribution is -0.128. The zero-order chi connectivity index (χ0) is 24.6. The van der Waals surface area contributed by atoms with Crippen LogP contribution in [-0.2, 0) is 16.1 Å². The number of hydrogen-bond donors (Lipinski definition) is 1. The lowest BCUT2D eigenvalue weighted by atomic mass is 10.1. The Balaban J connectivity index is 1.37. The van der Waals surface area contributed by atoms with Crippen LogP contribution in [0.5, 0.6) is 0 Å². The number of nitrogens with zero attached hydrogens (tertiary/aromatic N) is 1. The third-order valence-corrected chi connectivity index (χ3v) is 6.99. The third-order valence-electron chi connectivity index (χ3n) is 5.73. The molecule has 1 heterocycles. The molecule has 0 spiro atoms. The Morgan fingerprint density at radius 1 is 0.971 bits per heavy atom. The first kappa shape index (κ1) is 24.5. The van der Waals surface area contributed by atoms with E-state index in [1.807, 2.05) is 54.3 Å². The first-order chi connectivity index (χ1) is 17.0. The topological polar surface area (TPSA) is 75.7 Å². The van der Waals surface area contributed by atoms with Gasteiger partial charge in [0, 0.05) is 17.8 Å². The maximum atomic E-state index is 12.7. The largest absolute Gasteiger partial charge is 0.462 e. The van der Waals surface area contributed by atoms with Crippen molar-refractivity contribution in [2.45, 2.75) is 31.7 Å². The highest BCUT2D eigenvalue weighted by molar-refractivity contribution is 8.00. The molecule has 1 aliphatic heterocycles. The lowest BCUT2D eigenvalue weighted by Gasteiger charge is -2.24. The summed E-state index contributed by atoms with van der Waals surface area (Å²) >= 11 is 1.60. The number of anilines is 1. The zero-order valence-corrected chi connectivity index (χ0v) is 20.4. The van der Waals surface area contributed by atoms with E-state index >= 15 is 0 Å². The van der Waals surface area contributed by atoms with Gasteiger partial charge in [-0.3, -0.25) is 9.59 Å². The molecule has 180 valence electrons. The molecule has 35 heavy (non-hydrogen) atoms. The van der Waals surface area contributed by atoms with Gasteiger partial charge in [0.25, 0.3) is 5.91 Å². The van der Waals surface area contributed by atoms with E-state index in [4.69, 9.17) is 4.74 Å². The number of carbonyl (C=O) groups excluding carboxylic acids is 3. The van der Waals surface area contributed by atoms with Crippen molar-refractivity contribution in [1.29, 1.82) is 0 Å². The average Bonchev–Trinajstić information content (AvgIpc) is 3.25. The fraction of sp³-hybridized carbons (Fsp3) is 0.250. The van der Waals surface area contributed by atoms with Crippen molar-refractivity contribution in [3.05, 3.63) is 101 Å². The Bertz CT molecular complexity index is 1160. The van der Waals surface area contributed by atoms with Gasteiger partial charge in [0.15, 0.2) is 0 Å². The fourth-order valence-electron chi connectivity index (χ4n) is 3.77. The van der Waals surface area contributed by atoms with Crippen LogP contribution in [0.3, 0.4) is 0 Å². The summed E-state index contributed by atoms with van der Waals surface area (Å²) in [7, 11) is 0. The number of nitrogens with one attached hydrogen (secondary N) is 1. The molecule has 3 aromatic carbocycles. The standard InChI is InChI=1S/C28H28N2O4S/c1-2-3-17-34-28(33)23-13-15-24(16-14-23)29-26(32)21-9-11-22(12-10-21)27-30(25(31)19-35-27)18-20-7-5-4-6-8-20/h4-16,27H,2-3,17-19H2,1H3,(H,29,32)/t27-/m1/s1. The van der Waals surface area contributed by atoms with Gasteiger partial charge in [-0.2, -0.15) is 0 Å². The molecule has 1 fully saturated rings. The molecule has 0 bridgehead atoms. The summed E-state index contributed by atoms with van der Waals surface area (Å²) in [4.78, 5) is 39.1. The molecule has 0 saturated carbocycles. The number of esters is 1. The van der Waals surface area contributed by atoms with Gasteiger partial charge in [0.1, 0.15) is 5.37 Å². The molecule has 3 aromatic rings. The van der Waals surface area contributed by atoms with Crippen LogP contribution in [-0.4, -0.2) is 35.0 Å². The van der Waals surface area contributed by atoms with E-state index in [1.54, 1.807) is 48.2 Å². The molecule has 0 radical (unpaired) electrons. The summed E-state index contributed by atoms with van der Waals surface area (Å²) in [5.41, 5.74) is 3.63. The van der Waals surface area contributed by atoms with Crippen LogP contribution in [0.25, 0.3) is 0 Å². The van der Waals surface area contributed by atoms with E-state index in [2.05, 4.69) is 5.32 Å². The van der Waals surface area contributed by atoms with Crippen molar-refractivity contribution < 1.29 is 19.1 Å². The molecular weight excluding hydrogens is 460 g/mol. The molecule has 6 nitrogen and oxygen atoms in total. The summed E-state index contributed by atoms with van der Waals surface area (Å²) in [5.74, 6) is -0.0482. The van der Waals surface area contributed by atoms with Crippen LogP contribution in [0, 0.1) is 0 Å². The second kappa shape index (κ2) is 11.7. The van der Waals surface area contributed by atoms with Crippen LogP contribution >= 0.6 is 11.8 Å². The van der Waals surface area contributed by atoms with Crippen molar-refractivity contribution >= 4 is 35.2 Å². The van der Waals surface area contributed by atoms with Crippen LogP contribution in [0.1, 0.15) is 57.0 Å². The highest BCUT2D eigenvalue weighted by Gasteiger charge is 2.32. The van der Waals surface area contributed by atoms with Gasteiger partial charge in [0.2, 0.25) is 5.91 Å². The summed E-state index contributed by atoms with van der Waals surface area (Å²) < 4.78 is 5.21. The van der Waals surface area contributed by atoms with Crippen LogP contribution in [0.2, 0.25) is 0 Å². The van der Waals surface area contributed by atoms with Crippen LogP contribution < -0.4 is 5.32 Å². The van der Waals surface area contributed by atoms with Crippen LogP contribution in [0.15, 0.2) is 78.9 Å². The molecule has 1 saturated heterocycles. The van der Waals surface area contributed by atoms with Gasteiger partial charge >= 0.3 is 5.97 Å². The molecule has 4 rings (SSSR count). The predicted octanol–water partition coefficient (Wildman–Crippen LogP) is 5.67. The molecular formula is C28H28N2O4S. The number of carbonyl (C=O) groups is 3. The van der Waals surface area contributed by atoms with Gasteiger partial charge < -0.3 is 15.0 Å². The summed E-state index contributed by atoms with van der Waals surface area (Å²) in [6.45, 7) is 3.00. The zero-order valence-electron chi connectivity index (χ0n) is 19.6. The van der Waals surface area contributed by atoms with E-state index in [0.29, 0.717) is 35.7 Å². The van der Waals surface area contributed by atoms with Gasteiger partial charge in [-0.05, 0) is 53.9 Å². The highest BCUT2D eigenvalue weighted by Crippen LogP contribution is 2.39. The molecule has 0 unspecified atom stereocenters. The van der Waals surface area contributed by atoms with Gasteiger partial charge in [0.05, 0.1) is 17.9 Å². The second-order valence-corrected chi connectivity index (χ2v) is 9.38. The second-order valence-electron chi connectivity index (χ2n) is 8.31. The van der Waals surface area contributed by atoms with E-state index < -0.39 is 0 Å². The normalized spacial score (nSPS) is 15.2. The highest BCUT2D eigenvalue weighted by atomic mass is 32.2. The first-order valence-electron chi connectivity index (χ1n) is 11.7. The van der Waals surface area contributed by atoms with Crippen LogP contribution in [0.4, 0.5) is 5.69 Å². The maximum absolute atomic E-state index is 12.7. The third kappa shape index (κ3) is 6.31. The number of benzene rings is 3. The quantitative estimate of drug-likeness (QED) is 0.310. The van der Waals surface area contributed by atoms with E-state index in [9.17, 15) is 14.4 Å². The lowest BCUT2D eigenvalue weighted by Crippen LogP contribution is -2.27. The predicted molar refractivity (Wildman–Crippen MR) is 138 cm³/mol. The van der Waals surface area contributed by atoms with E-state index in [1.165, 1.54) is 0 Å². The van der Waals surface area contributed by atoms with Crippen molar-refractivity contribution in [1.82, 2.24) is 4.90 Å². The van der Waals surface area contributed by atoms with Crippen molar-refractivity contribution in [2.75, 3.05) is 17.7 Å². The number of amides is 2. The first-order valence-corrected chi connectivity index (χ1v) is 12.7. The number of rotatable bonds is 9. The van der Waals surface area contributed by atoms with Crippen molar-refractivity contribution in [2.24, 2.45) is 0 Å². The molecule has 7 heteroatoms. The number of ether oxygens (including phenoxy) is 1. The van der Waals surface area contributed by atoms with Gasteiger partial charge in [-0.1, -0.05) is 55.8 Å². The molecule has 1 atom stereocenters. The number of unbranched alkanes of at least 4 members (excludes halogenated alkanes) is 1. The Kier molecular flexibility index (Phi) is 8.21. The Morgan fingerprint density at radius 2 is 1.66 bits per heavy atom. The average molecular weight is 489 g/mol. The smallest absolute Gasteiger partial charge is 0.338 e. The summed E-state index contributed by atoms with van der Waals surface area (Å²) in [6.07, 6.45) is 1.79. The minimum Gasteiger partial charge on any atom is -0.462 e. The van der Waals surface area contributed by atoms with E-state index in [-0.39, 0.29) is 23.2 Å². The maximum Gasteiger partial charge on any atom is 0.338 e. The monoisotopic (exact) mass is 488 g/mol. The molecule has 1 N–H and O–H groups in total. The van der Waals surface area contributed by atoms with Gasteiger partial charge in [-0.25, -0.2) is 4.79 Å². The molecule has 0 aromatic heterocycles. The molecule has 1 aliphatic rings. The SMILES string of the molecule is CCCCOC(=O)c1ccc(NC(=O)c2ccc([C@H]3SCC(=O)N3Cc3ccccc3)cc2)cc1.